The minimum absolute atomic E-state index is 0.281. The van der Waals surface area contributed by atoms with Gasteiger partial charge in [0.2, 0.25) is 0 Å². The van der Waals surface area contributed by atoms with Crippen molar-refractivity contribution in [3.8, 4) is 33.4 Å². The molecule has 11 aromatic rings. The molecule has 2 nitrogen and oxygen atoms in total. The molecule has 0 saturated heterocycles. The summed E-state index contributed by atoms with van der Waals surface area (Å²) in [4.78, 5) is 4.81. The minimum Gasteiger partial charge on any atom is -0.310 e. The average molecular weight is 831 g/mol. The minimum atomic E-state index is -0.281. The van der Waals surface area contributed by atoms with E-state index in [1.54, 1.807) is 0 Å². The van der Waals surface area contributed by atoms with Crippen LogP contribution in [0, 0.1) is 0 Å². The quantitative estimate of drug-likeness (QED) is 0.141. The second-order valence-corrected chi connectivity index (χ2v) is 17.7. The van der Waals surface area contributed by atoms with Gasteiger partial charge in [0, 0.05) is 39.5 Å². The van der Waals surface area contributed by atoms with Crippen LogP contribution < -0.4 is 9.80 Å². The Morgan fingerprint density at radius 3 is 1.38 bits per heavy atom. The first-order valence-electron chi connectivity index (χ1n) is 22.6. The fourth-order valence-electron chi connectivity index (χ4n) is 10.4. The van der Waals surface area contributed by atoms with E-state index in [4.69, 9.17) is 0 Å². The third-order valence-corrected chi connectivity index (χ3v) is 13.6. The summed E-state index contributed by atoms with van der Waals surface area (Å²) >= 11 is 0. The molecule has 0 fully saturated rings. The molecule has 2 heteroatoms. The van der Waals surface area contributed by atoms with Crippen LogP contribution in [0.15, 0.2) is 243 Å². The third kappa shape index (κ3) is 6.57. The van der Waals surface area contributed by atoms with Gasteiger partial charge in [-0.1, -0.05) is 184 Å². The van der Waals surface area contributed by atoms with Crippen molar-refractivity contribution < 1.29 is 0 Å². The molecule has 1 aliphatic carbocycles. The summed E-state index contributed by atoms with van der Waals surface area (Å²) in [5.41, 5.74) is 16.7. The molecule has 0 radical (unpaired) electrons. The van der Waals surface area contributed by atoms with Crippen molar-refractivity contribution in [3.63, 3.8) is 0 Å². The van der Waals surface area contributed by atoms with Crippen molar-refractivity contribution in [3.05, 3.63) is 254 Å². The van der Waals surface area contributed by atoms with Crippen LogP contribution in [0.5, 0.6) is 0 Å². The van der Waals surface area contributed by atoms with Crippen molar-refractivity contribution in [1.29, 1.82) is 0 Å². The molecule has 1 aliphatic rings. The topological polar surface area (TPSA) is 6.48 Å². The largest absolute Gasteiger partial charge is 0.310 e. The Bertz CT molecular complexity index is 3460. The maximum atomic E-state index is 2.45. The lowest BCUT2D eigenvalue weighted by Gasteiger charge is -2.29. The molecule has 0 aliphatic heterocycles. The lowest BCUT2D eigenvalue weighted by atomic mass is 9.79. The van der Waals surface area contributed by atoms with Crippen LogP contribution in [0.25, 0.3) is 65.7 Å². The zero-order valence-electron chi connectivity index (χ0n) is 36.5. The second kappa shape index (κ2) is 15.6. The van der Waals surface area contributed by atoms with Crippen LogP contribution in [-0.2, 0) is 5.41 Å². The number of para-hydroxylation sites is 1. The zero-order chi connectivity index (χ0) is 43.5. The molecule has 0 aromatic heterocycles. The molecule has 12 rings (SSSR count). The first-order chi connectivity index (χ1) is 32.0. The van der Waals surface area contributed by atoms with E-state index < -0.39 is 0 Å². The van der Waals surface area contributed by atoms with Crippen LogP contribution >= 0.6 is 0 Å². The van der Waals surface area contributed by atoms with Crippen LogP contribution in [0.1, 0.15) is 25.0 Å². The van der Waals surface area contributed by atoms with Gasteiger partial charge in [0.1, 0.15) is 0 Å². The molecule has 0 unspecified atom stereocenters. The molecule has 308 valence electrons. The van der Waals surface area contributed by atoms with Crippen molar-refractivity contribution in [2.45, 2.75) is 19.3 Å². The highest BCUT2D eigenvalue weighted by Gasteiger charge is 2.39. The van der Waals surface area contributed by atoms with E-state index in [0.29, 0.717) is 0 Å². The smallest absolute Gasteiger partial charge is 0.0468 e. The highest BCUT2D eigenvalue weighted by Crippen LogP contribution is 2.56. The summed E-state index contributed by atoms with van der Waals surface area (Å²) < 4.78 is 0. The van der Waals surface area contributed by atoms with E-state index in [-0.39, 0.29) is 5.41 Å². The molecule has 0 heterocycles. The summed E-state index contributed by atoms with van der Waals surface area (Å²) in [5.74, 6) is 0. The van der Waals surface area contributed by atoms with Gasteiger partial charge in [-0.2, -0.15) is 0 Å². The molecule has 0 atom stereocenters. The Morgan fingerprint density at radius 1 is 0.292 bits per heavy atom. The van der Waals surface area contributed by atoms with Gasteiger partial charge < -0.3 is 9.80 Å². The number of benzene rings is 11. The Balaban J connectivity index is 1.01. The number of anilines is 6. The second-order valence-electron chi connectivity index (χ2n) is 17.7. The van der Waals surface area contributed by atoms with Gasteiger partial charge in [0.25, 0.3) is 0 Å². The predicted octanol–water partition coefficient (Wildman–Crippen LogP) is 17.7. The van der Waals surface area contributed by atoms with Gasteiger partial charge in [-0.15, -0.1) is 0 Å². The van der Waals surface area contributed by atoms with E-state index in [0.717, 1.165) is 34.1 Å². The lowest BCUT2D eigenvalue weighted by Crippen LogP contribution is -2.17. The van der Waals surface area contributed by atoms with Crippen molar-refractivity contribution >= 4 is 66.4 Å². The zero-order valence-corrected chi connectivity index (χ0v) is 36.5. The fraction of sp³-hybridized carbons (Fsp3) is 0.0476. The molecule has 0 spiro atoms. The molecular weight excluding hydrogens is 785 g/mol. The number of nitrogens with zero attached hydrogens (tertiary/aromatic N) is 2. The number of rotatable bonds is 8. The van der Waals surface area contributed by atoms with Gasteiger partial charge in [-0.25, -0.2) is 0 Å². The molecule has 0 N–H and O–H groups in total. The van der Waals surface area contributed by atoms with E-state index in [9.17, 15) is 0 Å². The highest BCUT2D eigenvalue weighted by atomic mass is 15.1. The first kappa shape index (κ1) is 38.5. The van der Waals surface area contributed by atoms with Gasteiger partial charge in [-0.3, -0.25) is 0 Å². The van der Waals surface area contributed by atoms with Crippen LogP contribution in [-0.4, -0.2) is 0 Å². The van der Waals surface area contributed by atoms with Crippen molar-refractivity contribution in [1.82, 2.24) is 0 Å². The molecule has 0 amide bonds. The van der Waals surface area contributed by atoms with Crippen LogP contribution in [0.3, 0.4) is 0 Å². The summed E-state index contributed by atoms with van der Waals surface area (Å²) in [5, 5.41) is 7.56. The maximum Gasteiger partial charge on any atom is 0.0468 e. The maximum absolute atomic E-state index is 2.45. The van der Waals surface area contributed by atoms with Crippen LogP contribution in [0.4, 0.5) is 34.1 Å². The average Bonchev–Trinajstić information content (AvgIpc) is 3.61. The first-order valence-corrected chi connectivity index (χ1v) is 22.6. The standard InChI is InChI=1S/C63H46N2/c1-63(2)60-42-54(65(49-22-10-5-11-23-49)52-35-30-45-20-12-13-21-48(45)40-52)37-39-58(60)61-56-25-15-14-24-55(56)59-41-53(36-38-57(59)62(61)63)64(50-31-26-46(27-32-50)43-16-6-3-7-17-43)51-33-28-47(29-34-51)44-18-8-4-9-19-44/h3-42H,1-2H3. The van der Waals surface area contributed by atoms with E-state index in [2.05, 4.69) is 266 Å². The number of hydrogen-bond acceptors (Lipinski definition) is 2. The lowest BCUT2D eigenvalue weighted by molar-refractivity contribution is 0.666. The van der Waals surface area contributed by atoms with E-state index >= 15 is 0 Å². The molecule has 65 heavy (non-hydrogen) atoms. The van der Waals surface area contributed by atoms with E-state index in [1.165, 1.54) is 76.8 Å². The normalized spacial score (nSPS) is 12.6. The Hall–Kier alpha value is -8.20. The summed E-state index contributed by atoms with van der Waals surface area (Å²) in [7, 11) is 0. The Morgan fingerprint density at radius 2 is 0.738 bits per heavy atom. The molecule has 0 saturated carbocycles. The van der Waals surface area contributed by atoms with Crippen LogP contribution in [0.2, 0.25) is 0 Å². The Labute approximate surface area is 380 Å². The van der Waals surface area contributed by atoms with Crippen molar-refractivity contribution in [2.75, 3.05) is 9.80 Å². The summed E-state index contributed by atoms with van der Waals surface area (Å²) in [6.07, 6.45) is 0. The predicted molar refractivity (Wildman–Crippen MR) is 277 cm³/mol. The van der Waals surface area contributed by atoms with Gasteiger partial charge in [0.15, 0.2) is 0 Å². The monoisotopic (exact) mass is 830 g/mol. The highest BCUT2D eigenvalue weighted by molar-refractivity contribution is 6.19. The third-order valence-electron chi connectivity index (χ3n) is 13.6. The van der Waals surface area contributed by atoms with Gasteiger partial charge >= 0.3 is 0 Å². The molecule has 0 bridgehead atoms. The SMILES string of the molecule is CC1(C)c2cc(N(c3ccccc3)c3ccc4ccccc4c3)ccc2-c2c1c1ccc(N(c3ccc(-c4ccccc4)cc3)c3ccc(-c4ccccc4)cc3)cc1c1ccccc21. The van der Waals surface area contributed by atoms with Gasteiger partial charge in [-0.05, 0) is 150 Å². The summed E-state index contributed by atoms with van der Waals surface area (Å²) in [6.45, 7) is 4.84. The van der Waals surface area contributed by atoms with Gasteiger partial charge in [0.05, 0.1) is 0 Å². The Kier molecular flexibility index (Phi) is 9.21. The van der Waals surface area contributed by atoms with Crippen molar-refractivity contribution in [2.24, 2.45) is 0 Å². The summed E-state index contributed by atoms with van der Waals surface area (Å²) in [6, 6.07) is 88.7. The fourth-order valence-corrected chi connectivity index (χ4v) is 10.4. The molecular formula is C63H46N2. The molecule has 11 aromatic carbocycles. The number of hydrogen-bond donors (Lipinski definition) is 0. The van der Waals surface area contributed by atoms with E-state index in [1.807, 2.05) is 0 Å². The number of fused-ring (bicyclic) bond motifs is 9.